The minimum absolute atomic E-state index is 0.0415. The van der Waals surface area contributed by atoms with Crippen LogP contribution in [0.3, 0.4) is 0 Å². The minimum Gasteiger partial charge on any atom is -0.504 e. The molecule has 0 atom stereocenters. The number of aromatic hydroxyl groups is 1. The second-order valence-electron chi connectivity index (χ2n) is 3.64. The van der Waals surface area contributed by atoms with E-state index in [9.17, 15) is 9.90 Å². The van der Waals surface area contributed by atoms with Crippen LogP contribution in [0.2, 0.25) is 0 Å². The maximum absolute atomic E-state index is 10.8. The number of ether oxygens (including phenoxy) is 1. The third-order valence-corrected chi connectivity index (χ3v) is 2.30. The van der Waals surface area contributed by atoms with Crippen molar-refractivity contribution in [2.45, 2.75) is 6.61 Å². The monoisotopic (exact) mass is 245 g/mol. The third kappa shape index (κ3) is 2.76. The summed E-state index contributed by atoms with van der Waals surface area (Å²) in [5, 5.41) is 18.3. The van der Waals surface area contributed by atoms with Crippen LogP contribution in [0.15, 0.2) is 42.7 Å². The number of carboxylic acid groups (broad SMARTS) is 1. The molecule has 2 aromatic rings. The lowest BCUT2D eigenvalue weighted by Crippen LogP contribution is -2.01. The van der Waals surface area contributed by atoms with E-state index in [2.05, 4.69) is 4.98 Å². The van der Waals surface area contributed by atoms with Gasteiger partial charge in [0.2, 0.25) is 0 Å². The van der Waals surface area contributed by atoms with Gasteiger partial charge in [-0.25, -0.2) is 4.79 Å². The zero-order chi connectivity index (χ0) is 13.0. The molecule has 0 aliphatic carbocycles. The van der Waals surface area contributed by atoms with Gasteiger partial charge in [-0.2, -0.15) is 0 Å². The number of carboxylic acids is 1. The lowest BCUT2D eigenvalue weighted by molar-refractivity contribution is 0.0696. The number of carbonyl (C=O) groups is 1. The number of benzene rings is 1. The molecule has 0 saturated heterocycles. The highest BCUT2D eigenvalue weighted by Gasteiger charge is 2.05. The lowest BCUT2D eigenvalue weighted by Gasteiger charge is -2.07. The summed E-state index contributed by atoms with van der Waals surface area (Å²) in [6.45, 7) is 0.145. The fraction of sp³-hybridized carbons (Fsp3) is 0.0769. The predicted octanol–water partition coefficient (Wildman–Crippen LogP) is 2.06. The predicted molar refractivity (Wildman–Crippen MR) is 63.6 cm³/mol. The highest BCUT2D eigenvalue weighted by molar-refractivity contribution is 5.87. The molecule has 2 rings (SSSR count). The van der Waals surface area contributed by atoms with Gasteiger partial charge in [-0.3, -0.25) is 4.98 Å². The summed E-state index contributed by atoms with van der Waals surface area (Å²) in [6.07, 6.45) is 2.79. The summed E-state index contributed by atoms with van der Waals surface area (Å²) in [7, 11) is 0. The van der Waals surface area contributed by atoms with Crippen LogP contribution < -0.4 is 4.74 Å². The average Bonchev–Trinajstić information content (AvgIpc) is 2.38. The van der Waals surface area contributed by atoms with Gasteiger partial charge in [0.05, 0.1) is 5.56 Å². The van der Waals surface area contributed by atoms with E-state index >= 15 is 0 Å². The maximum Gasteiger partial charge on any atom is 0.337 e. The van der Waals surface area contributed by atoms with Gasteiger partial charge in [-0.05, 0) is 18.2 Å². The SMILES string of the molecule is O=C(O)c1cncc(COc2ccccc2O)c1. The number of para-hydroxylation sites is 2. The second kappa shape index (κ2) is 5.18. The van der Waals surface area contributed by atoms with E-state index in [1.807, 2.05) is 0 Å². The number of pyridine rings is 1. The zero-order valence-electron chi connectivity index (χ0n) is 9.41. The zero-order valence-corrected chi connectivity index (χ0v) is 9.41. The number of phenolic OH excluding ortho intramolecular Hbond substituents is 1. The molecule has 0 spiro atoms. The number of aromatic nitrogens is 1. The summed E-state index contributed by atoms with van der Waals surface area (Å²) in [5.74, 6) is -0.648. The number of hydrogen-bond donors (Lipinski definition) is 2. The van der Waals surface area contributed by atoms with Gasteiger partial charge in [0.15, 0.2) is 11.5 Å². The summed E-state index contributed by atoms with van der Waals surface area (Å²) in [4.78, 5) is 14.6. The Hall–Kier alpha value is -2.56. The van der Waals surface area contributed by atoms with Crippen molar-refractivity contribution in [3.8, 4) is 11.5 Å². The molecule has 2 N–H and O–H groups in total. The molecule has 0 radical (unpaired) electrons. The van der Waals surface area contributed by atoms with E-state index in [1.165, 1.54) is 24.5 Å². The van der Waals surface area contributed by atoms with Gasteiger partial charge in [-0.15, -0.1) is 0 Å². The molecule has 0 aliphatic rings. The van der Waals surface area contributed by atoms with Gasteiger partial charge < -0.3 is 14.9 Å². The average molecular weight is 245 g/mol. The summed E-state index contributed by atoms with van der Waals surface area (Å²) in [5.41, 5.74) is 0.728. The van der Waals surface area contributed by atoms with E-state index in [-0.39, 0.29) is 17.9 Å². The van der Waals surface area contributed by atoms with E-state index in [4.69, 9.17) is 9.84 Å². The Morgan fingerprint density at radius 1 is 1.28 bits per heavy atom. The number of hydrogen-bond acceptors (Lipinski definition) is 4. The van der Waals surface area contributed by atoms with Gasteiger partial charge in [0, 0.05) is 18.0 Å². The highest BCUT2D eigenvalue weighted by Crippen LogP contribution is 2.25. The van der Waals surface area contributed by atoms with Gasteiger partial charge >= 0.3 is 5.97 Å². The molecule has 1 aromatic heterocycles. The molecule has 0 unspecified atom stereocenters. The normalized spacial score (nSPS) is 10.0. The standard InChI is InChI=1S/C13H11NO4/c15-11-3-1-2-4-12(11)18-8-9-5-10(13(16)17)7-14-6-9/h1-7,15H,8H2,(H,16,17). The van der Waals surface area contributed by atoms with Crippen LogP contribution in [0, 0.1) is 0 Å². The summed E-state index contributed by atoms with van der Waals surface area (Å²) in [6, 6.07) is 8.05. The molecule has 0 saturated carbocycles. The number of rotatable bonds is 4. The Morgan fingerprint density at radius 2 is 2.06 bits per heavy atom. The Labute approximate surface area is 103 Å². The molecule has 0 aliphatic heterocycles. The van der Waals surface area contributed by atoms with E-state index in [0.717, 1.165) is 0 Å². The molecule has 0 fully saturated rings. The fourth-order valence-electron chi connectivity index (χ4n) is 1.42. The minimum atomic E-state index is -1.04. The molecule has 0 bridgehead atoms. The van der Waals surface area contributed by atoms with Crippen LogP contribution in [0.5, 0.6) is 11.5 Å². The maximum atomic E-state index is 10.8. The Bertz CT molecular complexity index is 568. The van der Waals surface area contributed by atoms with Crippen LogP contribution in [0.1, 0.15) is 15.9 Å². The van der Waals surface area contributed by atoms with E-state index in [1.54, 1.807) is 18.2 Å². The summed E-state index contributed by atoms with van der Waals surface area (Å²) >= 11 is 0. The first-order valence-corrected chi connectivity index (χ1v) is 5.25. The molecule has 92 valence electrons. The number of nitrogens with zero attached hydrogens (tertiary/aromatic N) is 1. The molecule has 0 amide bonds. The first kappa shape index (κ1) is 11.9. The van der Waals surface area contributed by atoms with Gasteiger partial charge in [-0.1, -0.05) is 12.1 Å². The molecular formula is C13H11NO4. The molecule has 1 heterocycles. The lowest BCUT2D eigenvalue weighted by atomic mass is 10.2. The van der Waals surface area contributed by atoms with Crippen molar-refractivity contribution in [3.63, 3.8) is 0 Å². The number of aromatic carboxylic acids is 1. The highest BCUT2D eigenvalue weighted by atomic mass is 16.5. The fourth-order valence-corrected chi connectivity index (χ4v) is 1.42. The van der Waals surface area contributed by atoms with Gasteiger partial charge in [0.25, 0.3) is 0 Å². The molecule has 5 heteroatoms. The third-order valence-electron chi connectivity index (χ3n) is 2.30. The first-order valence-electron chi connectivity index (χ1n) is 5.25. The smallest absolute Gasteiger partial charge is 0.337 e. The van der Waals surface area contributed by atoms with Crippen LogP contribution in [0.4, 0.5) is 0 Å². The van der Waals surface area contributed by atoms with Crippen molar-refractivity contribution >= 4 is 5.97 Å². The molecule has 18 heavy (non-hydrogen) atoms. The van der Waals surface area contributed by atoms with Crippen LogP contribution >= 0.6 is 0 Å². The van der Waals surface area contributed by atoms with Crippen LogP contribution in [0.25, 0.3) is 0 Å². The van der Waals surface area contributed by atoms with Crippen molar-refractivity contribution < 1.29 is 19.7 Å². The van der Waals surface area contributed by atoms with Gasteiger partial charge in [0.1, 0.15) is 6.61 Å². The van der Waals surface area contributed by atoms with E-state index < -0.39 is 5.97 Å². The molecule has 1 aromatic carbocycles. The number of phenols is 1. The quantitative estimate of drug-likeness (QED) is 0.861. The van der Waals surface area contributed by atoms with Crippen molar-refractivity contribution in [1.82, 2.24) is 4.98 Å². The van der Waals surface area contributed by atoms with E-state index in [0.29, 0.717) is 11.3 Å². The topological polar surface area (TPSA) is 79.7 Å². The van der Waals surface area contributed by atoms with Crippen molar-refractivity contribution in [2.75, 3.05) is 0 Å². The first-order chi connectivity index (χ1) is 8.66. The molecule has 5 nitrogen and oxygen atoms in total. The largest absolute Gasteiger partial charge is 0.504 e. The van der Waals surface area contributed by atoms with Crippen molar-refractivity contribution in [2.24, 2.45) is 0 Å². The Kier molecular flexibility index (Phi) is 3.43. The van der Waals surface area contributed by atoms with Crippen molar-refractivity contribution in [1.29, 1.82) is 0 Å². The Balaban J connectivity index is 2.09. The molecular weight excluding hydrogens is 234 g/mol. The summed E-state index contributed by atoms with van der Waals surface area (Å²) < 4.78 is 5.37. The second-order valence-corrected chi connectivity index (χ2v) is 3.64. The van der Waals surface area contributed by atoms with Crippen LogP contribution in [-0.2, 0) is 6.61 Å². The van der Waals surface area contributed by atoms with Crippen molar-refractivity contribution in [3.05, 3.63) is 53.9 Å². The van der Waals surface area contributed by atoms with Crippen LogP contribution in [-0.4, -0.2) is 21.2 Å². The Morgan fingerprint density at radius 3 is 2.78 bits per heavy atom.